The third kappa shape index (κ3) is 3.60. The molecular formula is C18H15F3N2O2S. The zero-order valence-corrected chi connectivity index (χ0v) is 14.6. The highest BCUT2D eigenvalue weighted by Gasteiger charge is 2.61. The number of carbonyl (C=O) groups excluding carboxylic acids is 1. The van der Waals surface area contributed by atoms with Gasteiger partial charge in [-0.25, -0.2) is 9.79 Å². The SMILES string of the molecule is CCc1ccc(C(=O)OC2(C(F)(F)F)CSC(c3cccnc3)=N2)cc1. The van der Waals surface area contributed by atoms with Gasteiger partial charge in [0, 0.05) is 18.0 Å². The van der Waals surface area contributed by atoms with Crippen LogP contribution in [0.4, 0.5) is 13.2 Å². The molecule has 0 bridgehead atoms. The first-order valence-electron chi connectivity index (χ1n) is 7.87. The van der Waals surface area contributed by atoms with Crippen molar-refractivity contribution in [1.29, 1.82) is 0 Å². The zero-order valence-electron chi connectivity index (χ0n) is 13.8. The number of pyridine rings is 1. The summed E-state index contributed by atoms with van der Waals surface area (Å²) in [5.74, 6) is -1.58. The molecule has 1 aliphatic heterocycles. The summed E-state index contributed by atoms with van der Waals surface area (Å²) in [6.07, 6.45) is -1.13. The topological polar surface area (TPSA) is 51.5 Å². The number of benzene rings is 1. The molecule has 0 amide bonds. The molecule has 0 saturated carbocycles. The van der Waals surface area contributed by atoms with Crippen LogP contribution in [0.3, 0.4) is 0 Å². The Balaban J connectivity index is 1.89. The summed E-state index contributed by atoms with van der Waals surface area (Å²) in [5.41, 5.74) is -1.42. The molecule has 2 heterocycles. The predicted octanol–water partition coefficient (Wildman–Crippen LogP) is 4.25. The second-order valence-electron chi connectivity index (χ2n) is 5.67. The normalized spacial score (nSPS) is 19.9. The fraction of sp³-hybridized carbons (Fsp3) is 0.278. The summed E-state index contributed by atoms with van der Waals surface area (Å²) in [6.45, 7) is 1.94. The molecule has 26 heavy (non-hydrogen) atoms. The van der Waals surface area contributed by atoms with Crippen LogP contribution in [0.5, 0.6) is 0 Å². The van der Waals surface area contributed by atoms with Gasteiger partial charge in [-0.2, -0.15) is 13.2 Å². The molecule has 2 aromatic rings. The number of hydrogen-bond donors (Lipinski definition) is 0. The molecule has 0 saturated heterocycles. The molecule has 4 nitrogen and oxygen atoms in total. The number of nitrogens with zero attached hydrogens (tertiary/aromatic N) is 2. The number of rotatable bonds is 4. The summed E-state index contributed by atoms with van der Waals surface area (Å²) in [6, 6.07) is 9.50. The van der Waals surface area contributed by atoms with Gasteiger partial charge in [-0.05, 0) is 36.2 Å². The van der Waals surface area contributed by atoms with Crippen molar-refractivity contribution >= 4 is 22.8 Å². The monoisotopic (exact) mass is 380 g/mol. The smallest absolute Gasteiger partial charge is 0.422 e. The van der Waals surface area contributed by atoms with Gasteiger partial charge < -0.3 is 4.74 Å². The lowest BCUT2D eigenvalue weighted by molar-refractivity contribution is -0.245. The summed E-state index contributed by atoms with van der Waals surface area (Å²) >= 11 is 0.885. The molecule has 136 valence electrons. The largest absolute Gasteiger partial charge is 0.451 e. The molecule has 0 spiro atoms. The van der Waals surface area contributed by atoms with Crippen LogP contribution in [0.2, 0.25) is 0 Å². The molecule has 1 aliphatic rings. The minimum absolute atomic E-state index is 0.0563. The summed E-state index contributed by atoms with van der Waals surface area (Å²) < 4.78 is 45.9. The van der Waals surface area contributed by atoms with Gasteiger partial charge in [0.05, 0.1) is 11.3 Å². The van der Waals surface area contributed by atoms with Gasteiger partial charge in [-0.1, -0.05) is 30.8 Å². The quantitative estimate of drug-likeness (QED) is 0.744. The Labute approximate surface area is 152 Å². The summed E-state index contributed by atoms with van der Waals surface area (Å²) in [4.78, 5) is 19.9. The molecule has 8 heteroatoms. The first kappa shape index (κ1) is 18.4. The van der Waals surface area contributed by atoms with Crippen molar-refractivity contribution in [3.63, 3.8) is 0 Å². The van der Waals surface area contributed by atoms with E-state index in [9.17, 15) is 18.0 Å². The number of esters is 1. The highest BCUT2D eigenvalue weighted by atomic mass is 32.2. The van der Waals surface area contributed by atoms with Gasteiger partial charge in [0.25, 0.3) is 0 Å². The van der Waals surface area contributed by atoms with Crippen LogP contribution in [0, 0.1) is 0 Å². The van der Waals surface area contributed by atoms with E-state index < -0.39 is 23.6 Å². The molecule has 0 radical (unpaired) electrons. The lowest BCUT2D eigenvalue weighted by Crippen LogP contribution is -2.48. The number of ether oxygens (including phenoxy) is 1. The second-order valence-corrected chi connectivity index (χ2v) is 6.63. The lowest BCUT2D eigenvalue weighted by atomic mass is 10.1. The lowest BCUT2D eigenvalue weighted by Gasteiger charge is -2.27. The molecule has 1 unspecified atom stereocenters. The summed E-state index contributed by atoms with van der Waals surface area (Å²) in [7, 11) is 0. The minimum Gasteiger partial charge on any atom is -0.422 e. The van der Waals surface area contributed by atoms with E-state index in [-0.39, 0.29) is 10.6 Å². The Morgan fingerprint density at radius 1 is 1.27 bits per heavy atom. The van der Waals surface area contributed by atoms with Crippen molar-refractivity contribution in [3.8, 4) is 0 Å². The van der Waals surface area contributed by atoms with Crippen molar-refractivity contribution < 1.29 is 22.7 Å². The van der Waals surface area contributed by atoms with E-state index in [1.807, 2.05) is 6.92 Å². The number of alkyl halides is 3. The van der Waals surface area contributed by atoms with Crippen LogP contribution in [0.15, 0.2) is 53.8 Å². The maximum Gasteiger partial charge on any atom is 0.451 e. The zero-order chi connectivity index (χ0) is 18.8. The maximum atomic E-state index is 13.7. The van der Waals surface area contributed by atoms with Crippen LogP contribution < -0.4 is 0 Å². The molecule has 0 fully saturated rings. The number of aliphatic imine (C=N–C) groups is 1. The Bertz CT molecular complexity index is 823. The van der Waals surface area contributed by atoms with Crippen molar-refractivity contribution in [1.82, 2.24) is 4.98 Å². The molecule has 1 atom stereocenters. The maximum absolute atomic E-state index is 13.7. The number of hydrogen-bond acceptors (Lipinski definition) is 5. The van der Waals surface area contributed by atoms with E-state index >= 15 is 0 Å². The van der Waals surface area contributed by atoms with E-state index in [1.54, 1.807) is 24.3 Å². The fourth-order valence-electron chi connectivity index (χ4n) is 2.38. The first-order valence-corrected chi connectivity index (χ1v) is 8.85. The van der Waals surface area contributed by atoms with Crippen LogP contribution >= 0.6 is 11.8 Å². The van der Waals surface area contributed by atoms with E-state index in [0.717, 1.165) is 23.7 Å². The Hall–Kier alpha value is -2.35. The average Bonchev–Trinajstić information content (AvgIpc) is 3.08. The molecule has 1 aromatic heterocycles. The second kappa shape index (κ2) is 7.11. The van der Waals surface area contributed by atoms with Crippen LogP contribution in [-0.2, 0) is 11.2 Å². The Kier molecular flexibility index (Phi) is 5.04. The number of halogens is 3. The van der Waals surface area contributed by atoms with Crippen molar-refractivity contribution in [2.24, 2.45) is 4.99 Å². The molecule has 0 aliphatic carbocycles. The minimum atomic E-state index is -4.83. The van der Waals surface area contributed by atoms with E-state index in [4.69, 9.17) is 4.74 Å². The molecule has 1 aromatic carbocycles. The van der Waals surface area contributed by atoms with E-state index in [1.165, 1.54) is 24.5 Å². The van der Waals surface area contributed by atoms with Gasteiger partial charge in [0.2, 0.25) is 0 Å². The summed E-state index contributed by atoms with van der Waals surface area (Å²) in [5, 5.41) is 0.143. The van der Waals surface area contributed by atoms with Gasteiger partial charge in [0.15, 0.2) is 0 Å². The third-order valence-electron chi connectivity index (χ3n) is 3.90. The number of aryl methyl sites for hydroxylation is 1. The van der Waals surface area contributed by atoms with Gasteiger partial charge >= 0.3 is 17.9 Å². The van der Waals surface area contributed by atoms with Gasteiger partial charge in [0.1, 0.15) is 5.04 Å². The average molecular weight is 380 g/mol. The fourth-order valence-corrected chi connectivity index (χ4v) is 3.50. The van der Waals surface area contributed by atoms with Crippen LogP contribution in [0.25, 0.3) is 0 Å². The predicted molar refractivity (Wildman–Crippen MR) is 93.3 cm³/mol. The van der Waals surface area contributed by atoms with Crippen LogP contribution in [0.1, 0.15) is 28.4 Å². The highest BCUT2D eigenvalue weighted by Crippen LogP contribution is 2.44. The number of carbonyl (C=O) groups is 1. The Morgan fingerprint density at radius 2 is 2.00 bits per heavy atom. The Morgan fingerprint density at radius 3 is 2.58 bits per heavy atom. The van der Waals surface area contributed by atoms with Gasteiger partial charge in [-0.15, -0.1) is 0 Å². The number of thioether (sulfide) groups is 1. The van der Waals surface area contributed by atoms with Crippen molar-refractivity contribution in [3.05, 3.63) is 65.5 Å². The third-order valence-corrected chi connectivity index (χ3v) is 5.03. The standard InChI is InChI=1S/C18H15F3N2O2S/c1-2-12-5-7-13(8-6-12)16(24)25-17(18(19,20)21)11-26-15(23-17)14-4-3-9-22-10-14/h3-10H,2,11H2,1H3. The van der Waals surface area contributed by atoms with Crippen molar-refractivity contribution in [2.75, 3.05) is 5.75 Å². The first-order chi connectivity index (χ1) is 12.3. The van der Waals surface area contributed by atoms with Crippen molar-refractivity contribution in [2.45, 2.75) is 25.2 Å². The molecular weight excluding hydrogens is 365 g/mol. The van der Waals surface area contributed by atoms with Crippen LogP contribution in [-0.4, -0.2) is 33.7 Å². The van der Waals surface area contributed by atoms with Gasteiger partial charge in [-0.3, -0.25) is 4.98 Å². The highest BCUT2D eigenvalue weighted by molar-refractivity contribution is 8.14. The van der Waals surface area contributed by atoms with E-state index in [0.29, 0.717) is 5.56 Å². The molecule has 0 N–H and O–H groups in total. The molecule has 3 rings (SSSR count). The number of aromatic nitrogens is 1. The van der Waals surface area contributed by atoms with E-state index in [2.05, 4.69) is 9.98 Å².